The van der Waals surface area contributed by atoms with Gasteiger partial charge in [0.05, 0.1) is 0 Å². The third kappa shape index (κ3) is 2.99. The van der Waals surface area contributed by atoms with Gasteiger partial charge in [0.15, 0.2) is 5.43 Å². The summed E-state index contributed by atoms with van der Waals surface area (Å²) in [6, 6.07) is 0. The molecular weight excluding hydrogens is 214 g/mol. The van der Waals surface area contributed by atoms with Crippen molar-refractivity contribution in [2.75, 3.05) is 0 Å². The molecule has 0 N–H and O–H groups in total. The quantitative estimate of drug-likeness (QED) is 0.316. The molecule has 0 heterocycles. The third-order valence-electron chi connectivity index (χ3n) is 1.00. The second-order valence-corrected chi connectivity index (χ2v) is 1.55. The summed E-state index contributed by atoms with van der Waals surface area (Å²) >= 11 is 0. The van der Waals surface area contributed by atoms with Crippen molar-refractivity contribution < 1.29 is 113 Å². The van der Waals surface area contributed by atoms with Gasteiger partial charge in [0, 0.05) is 0 Å². The Labute approximate surface area is 153 Å². The van der Waals surface area contributed by atoms with Crippen molar-refractivity contribution >= 4 is 0 Å². The van der Waals surface area contributed by atoms with Crippen LogP contribution in [0, 0.1) is 11.5 Å². The second-order valence-electron chi connectivity index (χ2n) is 1.55. The smallest absolute Gasteiger partial charge is 0.871 e. The van der Waals surface area contributed by atoms with Crippen molar-refractivity contribution in [1.82, 2.24) is 0 Å². The fourth-order valence-electron chi connectivity index (χ4n) is 0.510. The van der Waals surface area contributed by atoms with E-state index >= 15 is 0 Å². The van der Waals surface area contributed by atoms with E-state index in [9.17, 15) is 15.0 Å². The summed E-state index contributed by atoms with van der Waals surface area (Å²) < 4.78 is 0. The predicted octanol–water partition coefficient (Wildman–Crippen LogP) is -8.54. The van der Waals surface area contributed by atoms with Crippen LogP contribution in [0.15, 0.2) is 9.79 Å². The maximum absolute atomic E-state index is 10.3. The van der Waals surface area contributed by atoms with Gasteiger partial charge in [-0.3, -0.25) is 4.79 Å². The molecule has 1 aromatic carbocycles. The number of nitriles is 1. The fraction of sp³-hybridized carbons (Fsp3) is 0. The molecule has 0 radical (unpaired) electrons. The van der Waals surface area contributed by atoms with E-state index in [1.165, 1.54) is 6.19 Å². The minimum Gasteiger partial charge on any atom is -0.871 e. The van der Waals surface area contributed by atoms with Crippen molar-refractivity contribution in [1.29, 1.82) is 5.26 Å². The Kier molecular flexibility index (Phi) is 9.05. The SMILES string of the molecule is N#C/N=c1\c([O-])c([O-])c1=O.[K+].[K+]. The Morgan fingerprint density at radius 2 is 1.75 bits per heavy atom. The summed E-state index contributed by atoms with van der Waals surface area (Å²) in [5.74, 6) is -2.06. The van der Waals surface area contributed by atoms with Crippen LogP contribution in [-0.4, -0.2) is 0 Å². The summed E-state index contributed by atoms with van der Waals surface area (Å²) in [5.41, 5.74) is -0.966. The molecule has 0 saturated heterocycles. The molecule has 0 saturated carbocycles. The summed E-state index contributed by atoms with van der Waals surface area (Å²) in [5, 5.41) is 27.8. The summed E-state index contributed by atoms with van der Waals surface area (Å²) in [6.07, 6.45) is 1.25. The minimum atomic E-state index is -1.09. The van der Waals surface area contributed by atoms with Gasteiger partial charge in [-0.15, -0.1) is 0 Å². The summed E-state index contributed by atoms with van der Waals surface area (Å²) in [7, 11) is 0. The Bertz CT molecular complexity index is 386. The van der Waals surface area contributed by atoms with Crippen LogP contribution in [0.1, 0.15) is 0 Å². The third-order valence-corrected chi connectivity index (χ3v) is 1.00. The molecular formula is C5K2N2O3. The van der Waals surface area contributed by atoms with Crippen molar-refractivity contribution in [3.05, 3.63) is 15.6 Å². The molecule has 0 bridgehead atoms. The van der Waals surface area contributed by atoms with Gasteiger partial charge in [0.25, 0.3) is 0 Å². The average molecular weight is 214 g/mol. The van der Waals surface area contributed by atoms with E-state index in [1.54, 1.807) is 0 Å². The van der Waals surface area contributed by atoms with Crippen LogP contribution in [-0.2, 0) is 0 Å². The van der Waals surface area contributed by atoms with Crippen molar-refractivity contribution in [3.63, 3.8) is 0 Å². The van der Waals surface area contributed by atoms with Gasteiger partial charge in [0.1, 0.15) is 5.36 Å². The van der Waals surface area contributed by atoms with Gasteiger partial charge in [-0.25, -0.2) is 0 Å². The van der Waals surface area contributed by atoms with Gasteiger partial charge in [-0.05, 0) is 0 Å². The topological polar surface area (TPSA) is 99.3 Å². The molecule has 1 rings (SSSR count). The van der Waals surface area contributed by atoms with Crippen LogP contribution in [0.4, 0.5) is 0 Å². The molecule has 0 spiro atoms. The molecule has 0 aliphatic carbocycles. The molecule has 0 fully saturated rings. The zero-order chi connectivity index (χ0) is 7.72. The number of hydrogen-bond acceptors (Lipinski definition) is 5. The Morgan fingerprint density at radius 1 is 1.25 bits per heavy atom. The first-order valence-electron chi connectivity index (χ1n) is 2.28. The van der Waals surface area contributed by atoms with E-state index in [1.807, 2.05) is 0 Å². The van der Waals surface area contributed by atoms with Gasteiger partial charge in [0.2, 0.25) is 6.19 Å². The molecule has 12 heavy (non-hydrogen) atoms. The van der Waals surface area contributed by atoms with E-state index in [4.69, 9.17) is 5.26 Å². The zero-order valence-corrected chi connectivity index (χ0v) is 12.9. The second kappa shape index (κ2) is 6.83. The first-order valence-corrected chi connectivity index (χ1v) is 2.28. The zero-order valence-electron chi connectivity index (χ0n) is 6.62. The van der Waals surface area contributed by atoms with Crippen LogP contribution in [0.2, 0.25) is 0 Å². The first kappa shape index (κ1) is 15.9. The van der Waals surface area contributed by atoms with Crippen LogP contribution in [0.5, 0.6) is 11.5 Å². The largest absolute Gasteiger partial charge is 1.00 e. The van der Waals surface area contributed by atoms with Crippen molar-refractivity contribution in [2.24, 2.45) is 4.99 Å². The first-order chi connectivity index (χ1) is 4.68. The average Bonchev–Trinajstić information content (AvgIpc) is 1.98. The number of hydrogen-bond donors (Lipinski definition) is 0. The molecule has 7 heteroatoms. The van der Waals surface area contributed by atoms with E-state index in [2.05, 4.69) is 4.99 Å². The van der Waals surface area contributed by atoms with E-state index in [0.717, 1.165) is 0 Å². The van der Waals surface area contributed by atoms with Gasteiger partial charge >= 0.3 is 103 Å². The van der Waals surface area contributed by atoms with Crippen LogP contribution in [0.3, 0.4) is 0 Å². The molecule has 0 aromatic heterocycles. The molecule has 0 atom stereocenters. The monoisotopic (exact) mass is 214 g/mol. The maximum Gasteiger partial charge on any atom is 1.00 e. The molecule has 0 amide bonds. The van der Waals surface area contributed by atoms with Crippen LogP contribution < -0.4 is 124 Å². The Balaban J connectivity index is 0. The van der Waals surface area contributed by atoms with Gasteiger partial charge < -0.3 is 10.2 Å². The van der Waals surface area contributed by atoms with Crippen LogP contribution >= 0.6 is 0 Å². The molecule has 5 nitrogen and oxygen atoms in total. The molecule has 1 aromatic rings. The minimum absolute atomic E-state index is 0. The van der Waals surface area contributed by atoms with Crippen LogP contribution in [0.25, 0.3) is 0 Å². The molecule has 0 aliphatic rings. The van der Waals surface area contributed by atoms with E-state index in [0.29, 0.717) is 0 Å². The summed E-state index contributed by atoms with van der Waals surface area (Å²) in [4.78, 5) is 13.2. The van der Waals surface area contributed by atoms with Crippen molar-refractivity contribution in [2.45, 2.75) is 0 Å². The maximum atomic E-state index is 10.3. The standard InChI is InChI=1S/C5H2N2O3.2K/c6-1-7-2-3(8)5(10)4(2)9;;/h8,10H;;/q;2*+1/p-2/b7-2+;;. The van der Waals surface area contributed by atoms with E-state index < -0.39 is 22.3 Å². The summed E-state index contributed by atoms with van der Waals surface area (Å²) in [6.45, 7) is 0. The fourth-order valence-corrected chi connectivity index (χ4v) is 0.510. The van der Waals surface area contributed by atoms with Crippen molar-refractivity contribution in [3.8, 4) is 17.7 Å². The number of rotatable bonds is 0. The van der Waals surface area contributed by atoms with Gasteiger partial charge in [-0.1, -0.05) is 11.5 Å². The normalized spacial score (nSPS) is 9.75. The predicted molar refractivity (Wildman–Crippen MR) is 25.2 cm³/mol. The molecule has 0 unspecified atom stereocenters. The molecule has 50 valence electrons. The Hall–Kier alpha value is 1.44. The van der Waals surface area contributed by atoms with E-state index in [-0.39, 0.29) is 103 Å². The molecule has 0 aliphatic heterocycles. The number of nitrogens with zero attached hydrogens (tertiary/aromatic N) is 2. The van der Waals surface area contributed by atoms with Gasteiger partial charge in [-0.2, -0.15) is 10.3 Å². The Morgan fingerprint density at radius 3 is 2.08 bits per heavy atom.